The second kappa shape index (κ2) is 4.03. The molecule has 0 spiro atoms. The number of hydrogen-bond acceptors (Lipinski definition) is 4. The monoisotopic (exact) mass is 145 g/mol. The van der Waals surface area contributed by atoms with E-state index in [1.165, 1.54) is 14.2 Å². The van der Waals surface area contributed by atoms with E-state index < -0.39 is 12.3 Å². The molecule has 0 bridgehead atoms. The van der Waals surface area contributed by atoms with Crippen LogP contribution in [0.5, 0.6) is 0 Å². The molecule has 0 aromatic carbocycles. The molecular weight excluding hydrogens is 136 g/mol. The molecule has 0 aliphatic carbocycles. The van der Waals surface area contributed by atoms with Gasteiger partial charge in [-0.2, -0.15) is 0 Å². The molecule has 10 heavy (non-hydrogen) atoms. The van der Waals surface area contributed by atoms with Crippen LogP contribution >= 0.6 is 0 Å². The average molecular weight is 145 g/mol. The zero-order chi connectivity index (χ0) is 8.15. The molecule has 58 valence electrons. The van der Waals surface area contributed by atoms with E-state index in [0.717, 1.165) is 0 Å². The van der Waals surface area contributed by atoms with Gasteiger partial charge in [0.2, 0.25) is 0 Å². The van der Waals surface area contributed by atoms with Gasteiger partial charge >= 0.3 is 0 Å². The first kappa shape index (κ1) is 9.13. The minimum atomic E-state index is -1.37. The Balaban J connectivity index is 4.02. The van der Waals surface area contributed by atoms with E-state index in [-0.39, 0.29) is 5.57 Å². The maximum absolute atomic E-state index is 10.1. The minimum absolute atomic E-state index is 0.218. The van der Waals surface area contributed by atoms with Crippen molar-refractivity contribution in [3.05, 3.63) is 12.2 Å². The van der Waals surface area contributed by atoms with Gasteiger partial charge in [-0.05, 0) is 0 Å². The molecule has 0 fully saturated rings. The average Bonchev–Trinajstić information content (AvgIpc) is 1.90. The highest BCUT2D eigenvalue weighted by Crippen LogP contribution is 2.01. The van der Waals surface area contributed by atoms with Crippen LogP contribution in [-0.4, -0.2) is 26.5 Å². The van der Waals surface area contributed by atoms with Gasteiger partial charge in [-0.15, -0.1) is 0 Å². The van der Waals surface area contributed by atoms with Gasteiger partial charge in [-0.3, -0.25) is 0 Å². The summed E-state index contributed by atoms with van der Waals surface area (Å²) in [5.41, 5.74) is -0.218. The Morgan fingerprint density at radius 2 is 1.90 bits per heavy atom. The SMILES string of the molecule is C=C(C(=O)[O-])C(OC)OC. The third kappa shape index (κ3) is 2.16. The van der Waals surface area contributed by atoms with Crippen molar-refractivity contribution in [2.24, 2.45) is 0 Å². The predicted molar refractivity (Wildman–Crippen MR) is 32.0 cm³/mol. The predicted octanol–water partition coefficient (Wildman–Crippen LogP) is -1.09. The van der Waals surface area contributed by atoms with Gasteiger partial charge in [0.05, 0.1) is 5.97 Å². The summed E-state index contributed by atoms with van der Waals surface area (Å²) in [6.45, 7) is 3.18. The number of carbonyl (C=O) groups is 1. The van der Waals surface area contributed by atoms with Crippen molar-refractivity contribution in [2.45, 2.75) is 6.29 Å². The summed E-state index contributed by atoms with van der Waals surface area (Å²) in [4.78, 5) is 10.1. The smallest absolute Gasteiger partial charge is 0.184 e. The normalized spacial score (nSPS) is 9.90. The Bertz CT molecular complexity index is 137. The number of carboxylic acid groups (broad SMARTS) is 1. The highest BCUT2D eigenvalue weighted by molar-refractivity contribution is 5.84. The summed E-state index contributed by atoms with van der Waals surface area (Å²) in [5.74, 6) is -1.37. The second-order valence-electron chi connectivity index (χ2n) is 1.62. The van der Waals surface area contributed by atoms with E-state index in [9.17, 15) is 9.90 Å². The third-order valence-corrected chi connectivity index (χ3v) is 0.975. The maximum Gasteiger partial charge on any atom is 0.184 e. The van der Waals surface area contributed by atoms with E-state index in [4.69, 9.17) is 0 Å². The van der Waals surface area contributed by atoms with E-state index in [2.05, 4.69) is 16.1 Å². The number of carboxylic acids is 1. The van der Waals surface area contributed by atoms with Crippen LogP contribution in [-0.2, 0) is 14.3 Å². The molecule has 4 nitrogen and oxygen atoms in total. The molecule has 0 atom stereocenters. The molecule has 0 unspecified atom stereocenters. The first-order valence-electron chi connectivity index (χ1n) is 2.59. The molecule has 4 heteroatoms. The van der Waals surface area contributed by atoms with Gasteiger partial charge in [0.25, 0.3) is 0 Å². The van der Waals surface area contributed by atoms with E-state index in [1.54, 1.807) is 0 Å². The summed E-state index contributed by atoms with van der Waals surface area (Å²) in [7, 11) is 2.64. The van der Waals surface area contributed by atoms with E-state index in [1.807, 2.05) is 0 Å². The fraction of sp³-hybridized carbons (Fsp3) is 0.500. The fourth-order valence-corrected chi connectivity index (χ4v) is 0.477. The summed E-state index contributed by atoms with van der Waals surface area (Å²) in [6, 6.07) is 0. The highest BCUT2D eigenvalue weighted by Gasteiger charge is 2.09. The van der Waals surface area contributed by atoms with Crippen LogP contribution in [0.4, 0.5) is 0 Å². The molecule has 0 aliphatic rings. The van der Waals surface area contributed by atoms with Gasteiger partial charge in [-0.25, -0.2) is 0 Å². The van der Waals surface area contributed by atoms with Crippen LogP contribution < -0.4 is 5.11 Å². The maximum atomic E-state index is 10.1. The minimum Gasteiger partial charge on any atom is -0.545 e. The highest BCUT2D eigenvalue weighted by atomic mass is 16.7. The zero-order valence-corrected chi connectivity index (χ0v) is 5.92. The van der Waals surface area contributed by atoms with E-state index in [0.29, 0.717) is 0 Å². The molecular formula is C6H9O4-. The van der Waals surface area contributed by atoms with Crippen LogP contribution in [0, 0.1) is 0 Å². The van der Waals surface area contributed by atoms with Crippen molar-refractivity contribution >= 4 is 5.97 Å². The molecule has 0 N–H and O–H groups in total. The number of methoxy groups -OCH3 is 2. The lowest BCUT2D eigenvalue weighted by atomic mass is 10.3. The lowest BCUT2D eigenvalue weighted by molar-refractivity contribution is -0.302. The lowest BCUT2D eigenvalue weighted by Gasteiger charge is -2.15. The Morgan fingerprint density at radius 1 is 1.50 bits per heavy atom. The van der Waals surface area contributed by atoms with Crippen LogP contribution in [0.15, 0.2) is 12.2 Å². The molecule has 0 aromatic heterocycles. The van der Waals surface area contributed by atoms with Crippen molar-refractivity contribution in [2.75, 3.05) is 14.2 Å². The summed E-state index contributed by atoms with van der Waals surface area (Å²) >= 11 is 0. The van der Waals surface area contributed by atoms with Crippen molar-refractivity contribution < 1.29 is 19.4 Å². The van der Waals surface area contributed by atoms with Gasteiger partial charge in [0.1, 0.15) is 0 Å². The molecule has 0 rings (SSSR count). The molecule has 0 aliphatic heterocycles. The number of carbonyl (C=O) groups excluding carboxylic acids is 1. The molecule has 0 saturated carbocycles. The first-order valence-corrected chi connectivity index (χ1v) is 2.59. The largest absolute Gasteiger partial charge is 0.545 e. The van der Waals surface area contributed by atoms with Crippen LogP contribution in [0.2, 0.25) is 0 Å². The third-order valence-electron chi connectivity index (χ3n) is 0.975. The van der Waals surface area contributed by atoms with Crippen molar-refractivity contribution in [3.63, 3.8) is 0 Å². The Labute approximate surface area is 59.1 Å². The van der Waals surface area contributed by atoms with Crippen molar-refractivity contribution in [3.8, 4) is 0 Å². The Morgan fingerprint density at radius 3 is 2.00 bits per heavy atom. The fourth-order valence-electron chi connectivity index (χ4n) is 0.477. The Kier molecular flexibility index (Phi) is 3.68. The van der Waals surface area contributed by atoms with Crippen molar-refractivity contribution in [1.29, 1.82) is 0 Å². The van der Waals surface area contributed by atoms with E-state index >= 15 is 0 Å². The summed E-state index contributed by atoms with van der Waals surface area (Å²) in [5, 5.41) is 10.1. The number of hydrogen-bond donors (Lipinski definition) is 0. The molecule has 0 radical (unpaired) electrons. The quantitative estimate of drug-likeness (QED) is 0.372. The zero-order valence-electron chi connectivity index (χ0n) is 5.92. The first-order chi connectivity index (χ1) is 4.63. The van der Waals surface area contributed by atoms with Crippen LogP contribution in [0.25, 0.3) is 0 Å². The van der Waals surface area contributed by atoms with Gasteiger partial charge < -0.3 is 19.4 Å². The van der Waals surface area contributed by atoms with Gasteiger partial charge in [0, 0.05) is 19.8 Å². The van der Waals surface area contributed by atoms with Gasteiger partial charge in [-0.1, -0.05) is 6.58 Å². The van der Waals surface area contributed by atoms with Gasteiger partial charge in [0.15, 0.2) is 6.29 Å². The topological polar surface area (TPSA) is 58.6 Å². The molecule has 0 aromatic rings. The number of ether oxygens (including phenoxy) is 2. The summed E-state index contributed by atoms with van der Waals surface area (Å²) in [6.07, 6.45) is -0.912. The lowest BCUT2D eigenvalue weighted by Crippen LogP contribution is -2.32. The molecule has 0 amide bonds. The molecule has 0 heterocycles. The summed E-state index contributed by atoms with van der Waals surface area (Å²) < 4.78 is 9.16. The second-order valence-corrected chi connectivity index (χ2v) is 1.62. The number of rotatable bonds is 4. The number of aliphatic carboxylic acids is 1. The van der Waals surface area contributed by atoms with Crippen LogP contribution in [0.1, 0.15) is 0 Å². The van der Waals surface area contributed by atoms with Crippen molar-refractivity contribution in [1.82, 2.24) is 0 Å². The molecule has 0 saturated heterocycles. The standard InChI is InChI=1S/C6H10O4/c1-4(5(7)8)6(9-2)10-3/h6H,1H2,2-3H3,(H,7,8)/p-1. The van der Waals surface area contributed by atoms with Crippen LogP contribution in [0.3, 0.4) is 0 Å². The Hall–Kier alpha value is -0.870.